The number of rotatable bonds is 4. The maximum Gasteiger partial charge on any atom is 0.325 e. The third kappa shape index (κ3) is 2.98. The second-order valence-electron chi connectivity index (χ2n) is 9.76. The van der Waals surface area contributed by atoms with Gasteiger partial charge in [0.25, 0.3) is 5.56 Å². The monoisotopic (exact) mass is 458 g/mol. The van der Waals surface area contributed by atoms with Gasteiger partial charge in [-0.15, -0.1) is 11.3 Å². The number of benzene rings is 1. The molecule has 0 saturated heterocycles. The van der Waals surface area contributed by atoms with Crippen molar-refractivity contribution in [2.75, 3.05) is 0 Å². The van der Waals surface area contributed by atoms with Gasteiger partial charge in [0.15, 0.2) is 0 Å². The van der Waals surface area contributed by atoms with Crippen molar-refractivity contribution in [2.45, 2.75) is 49.9 Å². The molecule has 2 aliphatic carbocycles. The third-order valence-corrected chi connectivity index (χ3v) is 8.29. The Bertz CT molecular complexity index is 1570. The largest absolute Gasteiger partial charge is 0.325 e. The summed E-state index contributed by atoms with van der Waals surface area (Å²) in [4.78, 5) is 38.5. The van der Waals surface area contributed by atoms with Crippen LogP contribution >= 0.6 is 11.3 Å². The number of hydrogen-bond acceptors (Lipinski definition) is 6. The van der Waals surface area contributed by atoms with Crippen molar-refractivity contribution in [2.24, 2.45) is 11.0 Å². The van der Waals surface area contributed by atoms with Crippen molar-refractivity contribution in [3.05, 3.63) is 79.6 Å². The number of imidazole rings is 1. The van der Waals surface area contributed by atoms with Crippen LogP contribution in [0, 0.1) is 5.92 Å². The minimum absolute atomic E-state index is 0.264. The molecule has 0 bridgehead atoms. The van der Waals surface area contributed by atoms with Crippen LogP contribution in [0.1, 0.15) is 67.1 Å². The Labute approximate surface area is 192 Å². The number of thiazole rings is 1. The third-order valence-electron chi connectivity index (χ3n) is 7.50. The van der Waals surface area contributed by atoms with Gasteiger partial charge in [-0.3, -0.25) is 9.78 Å². The van der Waals surface area contributed by atoms with Crippen LogP contribution in [0.2, 0.25) is 0 Å². The SMILES string of the molecule is CC1([C@H]2C[C@@H]2c2ccc3ncsc3c2)CC(c2c[nH]c(=O)[nH]c2=O)=Nn2cc(C3CC3)nc21. The molecule has 8 nitrogen and oxygen atoms in total. The van der Waals surface area contributed by atoms with E-state index in [1.807, 2.05) is 16.4 Å². The summed E-state index contributed by atoms with van der Waals surface area (Å²) in [6.07, 6.45) is 7.53. The average molecular weight is 459 g/mol. The van der Waals surface area contributed by atoms with Gasteiger partial charge in [0, 0.05) is 24.0 Å². The Morgan fingerprint density at radius 1 is 1.24 bits per heavy atom. The van der Waals surface area contributed by atoms with Crippen LogP contribution in [-0.2, 0) is 5.41 Å². The fraction of sp³-hybridized carbons (Fsp3) is 0.375. The first-order valence-corrected chi connectivity index (χ1v) is 12.2. The number of fused-ring (bicyclic) bond motifs is 2. The Balaban J connectivity index is 1.31. The van der Waals surface area contributed by atoms with E-state index in [0.29, 0.717) is 35.4 Å². The van der Waals surface area contributed by atoms with Crippen LogP contribution in [0.5, 0.6) is 0 Å². The van der Waals surface area contributed by atoms with Crippen LogP contribution in [0.3, 0.4) is 0 Å². The molecule has 2 N–H and O–H groups in total. The molecule has 1 aromatic carbocycles. The maximum atomic E-state index is 12.6. The number of H-pyrrole nitrogens is 2. The van der Waals surface area contributed by atoms with E-state index in [1.165, 1.54) is 29.3 Å². The average Bonchev–Trinajstić information content (AvgIpc) is 3.71. The van der Waals surface area contributed by atoms with Crippen molar-refractivity contribution < 1.29 is 0 Å². The quantitative estimate of drug-likeness (QED) is 0.488. The van der Waals surface area contributed by atoms with E-state index in [-0.39, 0.29) is 5.41 Å². The molecule has 9 heteroatoms. The predicted octanol–water partition coefficient (Wildman–Crippen LogP) is 3.46. The van der Waals surface area contributed by atoms with Gasteiger partial charge < -0.3 is 4.98 Å². The van der Waals surface area contributed by atoms with E-state index >= 15 is 0 Å². The zero-order chi connectivity index (χ0) is 22.3. The Morgan fingerprint density at radius 2 is 2.12 bits per heavy atom. The summed E-state index contributed by atoms with van der Waals surface area (Å²) in [5, 5.41) is 4.80. The Kier molecular flexibility index (Phi) is 3.83. The Hall–Kier alpha value is -3.33. The lowest BCUT2D eigenvalue weighted by atomic mass is 9.76. The molecular formula is C24H22N6O2S. The predicted molar refractivity (Wildman–Crippen MR) is 126 cm³/mol. The minimum Gasteiger partial charge on any atom is -0.313 e. The molecule has 2 fully saturated rings. The zero-order valence-electron chi connectivity index (χ0n) is 18.0. The van der Waals surface area contributed by atoms with Crippen LogP contribution in [-0.4, -0.2) is 30.3 Å². The fourth-order valence-electron chi connectivity index (χ4n) is 5.46. The second-order valence-corrected chi connectivity index (χ2v) is 10.6. The standard InChI is InChI=1S/C24H22N6O2S/c1-24(16-7-14(16)13-4-5-17-20(6-13)33-11-26-17)8-18(15-9-25-23(32)28-21(15)31)29-30-10-19(12-2-3-12)27-22(24)30/h4-6,9-12,14,16H,2-3,7-8H2,1H3,(H2,25,28,31,32)/t14-,16+,24?/m1/s1. The molecule has 3 aliphatic rings. The molecule has 3 aromatic heterocycles. The number of nitrogens with one attached hydrogen (secondary N) is 2. The molecule has 2 saturated carbocycles. The number of aromatic amines is 2. The van der Waals surface area contributed by atoms with E-state index in [4.69, 9.17) is 10.1 Å². The van der Waals surface area contributed by atoms with Crippen molar-refractivity contribution in [1.29, 1.82) is 0 Å². The zero-order valence-corrected chi connectivity index (χ0v) is 18.9. The van der Waals surface area contributed by atoms with Crippen LogP contribution < -0.4 is 11.2 Å². The Morgan fingerprint density at radius 3 is 2.94 bits per heavy atom. The topological polar surface area (TPSA) is 109 Å². The first kappa shape index (κ1) is 19.2. The molecule has 1 unspecified atom stereocenters. The lowest BCUT2D eigenvalue weighted by Gasteiger charge is -2.33. The summed E-state index contributed by atoms with van der Waals surface area (Å²) in [6.45, 7) is 2.26. The van der Waals surface area contributed by atoms with Gasteiger partial charge in [-0.1, -0.05) is 13.0 Å². The molecule has 0 radical (unpaired) electrons. The molecule has 4 aromatic rings. The van der Waals surface area contributed by atoms with Gasteiger partial charge in [-0.25, -0.2) is 19.4 Å². The number of aromatic nitrogens is 5. The van der Waals surface area contributed by atoms with E-state index in [9.17, 15) is 9.59 Å². The fourth-order valence-corrected chi connectivity index (χ4v) is 6.19. The van der Waals surface area contributed by atoms with Gasteiger partial charge in [0.1, 0.15) is 5.82 Å². The maximum absolute atomic E-state index is 12.6. The van der Waals surface area contributed by atoms with Gasteiger partial charge >= 0.3 is 5.69 Å². The normalized spacial score (nSPS) is 26.3. The summed E-state index contributed by atoms with van der Waals surface area (Å²) < 4.78 is 3.10. The van der Waals surface area contributed by atoms with Crippen molar-refractivity contribution >= 4 is 27.3 Å². The summed E-state index contributed by atoms with van der Waals surface area (Å²) in [5.41, 5.74) is 5.28. The van der Waals surface area contributed by atoms with E-state index in [2.05, 4.69) is 40.1 Å². The minimum atomic E-state index is -0.511. The summed E-state index contributed by atoms with van der Waals surface area (Å²) in [5.74, 6) is 2.33. The van der Waals surface area contributed by atoms with Crippen molar-refractivity contribution in [1.82, 2.24) is 24.6 Å². The van der Waals surface area contributed by atoms with Crippen LogP contribution in [0.25, 0.3) is 10.2 Å². The van der Waals surface area contributed by atoms with Crippen molar-refractivity contribution in [3.63, 3.8) is 0 Å². The van der Waals surface area contributed by atoms with Crippen LogP contribution in [0.15, 0.2) is 50.8 Å². The van der Waals surface area contributed by atoms with Gasteiger partial charge in [-0.05, 0) is 48.8 Å². The van der Waals surface area contributed by atoms with Gasteiger partial charge in [-0.2, -0.15) is 5.10 Å². The molecule has 0 amide bonds. The summed E-state index contributed by atoms with van der Waals surface area (Å²) >= 11 is 1.67. The van der Waals surface area contributed by atoms with E-state index < -0.39 is 11.2 Å². The van der Waals surface area contributed by atoms with Crippen LogP contribution in [0.4, 0.5) is 0 Å². The lowest BCUT2D eigenvalue weighted by molar-refractivity contribution is 0.366. The molecular weight excluding hydrogens is 436 g/mol. The number of hydrogen-bond donors (Lipinski definition) is 2. The number of nitrogens with zero attached hydrogens (tertiary/aromatic N) is 4. The highest BCUT2D eigenvalue weighted by molar-refractivity contribution is 7.16. The molecule has 3 atom stereocenters. The first-order chi connectivity index (χ1) is 16.0. The summed E-state index contributed by atoms with van der Waals surface area (Å²) in [7, 11) is 0. The molecule has 7 rings (SSSR count). The highest BCUT2D eigenvalue weighted by Gasteiger charge is 2.55. The summed E-state index contributed by atoms with van der Waals surface area (Å²) in [6, 6.07) is 6.58. The highest BCUT2D eigenvalue weighted by Crippen LogP contribution is 2.60. The van der Waals surface area contributed by atoms with E-state index in [0.717, 1.165) is 23.5 Å². The molecule has 0 spiro atoms. The van der Waals surface area contributed by atoms with E-state index in [1.54, 1.807) is 11.3 Å². The second kappa shape index (κ2) is 6.60. The first-order valence-electron chi connectivity index (χ1n) is 11.3. The molecule has 166 valence electrons. The molecule has 4 heterocycles. The smallest absolute Gasteiger partial charge is 0.313 e. The van der Waals surface area contributed by atoms with Gasteiger partial charge in [0.05, 0.1) is 38.9 Å². The molecule has 33 heavy (non-hydrogen) atoms. The lowest BCUT2D eigenvalue weighted by Crippen LogP contribution is -2.38. The highest BCUT2D eigenvalue weighted by atomic mass is 32.1. The molecule has 1 aliphatic heterocycles. The van der Waals surface area contributed by atoms with Gasteiger partial charge in [0.2, 0.25) is 0 Å². The van der Waals surface area contributed by atoms with Crippen molar-refractivity contribution in [3.8, 4) is 0 Å².